The quantitative estimate of drug-likeness (QED) is 0.893. The standard InChI is InChI=1S/C17H22N2O5/c1-11-5-13(17(22)23)9-19(7-11)16(21)12-6-15(20)18(8-12)10-14-3-2-4-24-14/h2-4,11-13H,5-10H2,1H3,(H,22,23). The molecule has 24 heavy (non-hydrogen) atoms. The number of furan rings is 1. The maximum Gasteiger partial charge on any atom is 0.308 e. The van der Waals surface area contributed by atoms with Gasteiger partial charge in [0.05, 0.1) is 24.6 Å². The van der Waals surface area contributed by atoms with Crippen molar-refractivity contribution in [3.05, 3.63) is 24.2 Å². The van der Waals surface area contributed by atoms with E-state index in [0.29, 0.717) is 31.8 Å². The molecule has 7 nitrogen and oxygen atoms in total. The zero-order valence-corrected chi connectivity index (χ0v) is 13.7. The van der Waals surface area contributed by atoms with Crippen molar-refractivity contribution in [2.45, 2.75) is 26.3 Å². The van der Waals surface area contributed by atoms with E-state index in [2.05, 4.69) is 0 Å². The third kappa shape index (κ3) is 3.44. The SMILES string of the molecule is CC1CC(C(=O)O)CN(C(=O)C2CC(=O)N(Cc3ccco3)C2)C1. The highest BCUT2D eigenvalue weighted by molar-refractivity contribution is 5.89. The molecule has 1 aromatic heterocycles. The van der Waals surface area contributed by atoms with Crippen LogP contribution in [0.4, 0.5) is 0 Å². The highest BCUT2D eigenvalue weighted by atomic mass is 16.4. The van der Waals surface area contributed by atoms with Crippen LogP contribution < -0.4 is 0 Å². The summed E-state index contributed by atoms with van der Waals surface area (Å²) in [5.74, 6) is -1.11. The molecule has 3 heterocycles. The lowest BCUT2D eigenvalue weighted by molar-refractivity contribution is -0.148. The number of hydrogen-bond acceptors (Lipinski definition) is 4. The van der Waals surface area contributed by atoms with Crippen molar-refractivity contribution in [2.75, 3.05) is 19.6 Å². The van der Waals surface area contributed by atoms with Gasteiger partial charge in [0.1, 0.15) is 5.76 Å². The van der Waals surface area contributed by atoms with Crippen LogP contribution in [0.2, 0.25) is 0 Å². The van der Waals surface area contributed by atoms with E-state index in [1.165, 1.54) is 0 Å². The fraction of sp³-hybridized carbons (Fsp3) is 0.588. The molecule has 2 fully saturated rings. The number of amides is 2. The van der Waals surface area contributed by atoms with Crippen LogP contribution in [0.25, 0.3) is 0 Å². The van der Waals surface area contributed by atoms with Crippen LogP contribution in [0, 0.1) is 17.8 Å². The number of likely N-dealkylation sites (tertiary alicyclic amines) is 2. The molecule has 3 atom stereocenters. The first-order valence-electron chi connectivity index (χ1n) is 8.25. The second kappa shape index (κ2) is 6.67. The van der Waals surface area contributed by atoms with Crippen molar-refractivity contribution >= 4 is 17.8 Å². The Morgan fingerprint density at radius 3 is 2.75 bits per heavy atom. The van der Waals surface area contributed by atoms with Crippen molar-refractivity contribution in [2.24, 2.45) is 17.8 Å². The number of carboxylic acid groups (broad SMARTS) is 1. The third-order valence-electron chi connectivity index (χ3n) is 4.81. The van der Waals surface area contributed by atoms with Gasteiger partial charge in [0.25, 0.3) is 0 Å². The van der Waals surface area contributed by atoms with Crippen molar-refractivity contribution in [3.63, 3.8) is 0 Å². The summed E-state index contributed by atoms with van der Waals surface area (Å²) in [5, 5.41) is 9.24. The average molecular weight is 334 g/mol. The van der Waals surface area contributed by atoms with E-state index in [0.717, 1.165) is 0 Å². The van der Waals surface area contributed by atoms with Crippen LogP contribution in [-0.2, 0) is 20.9 Å². The Morgan fingerprint density at radius 2 is 2.08 bits per heavy atom. The fourth-order valence-electron chi connectivity index (χ4n) is 3.65. The maximum absolute atomic E-state index is 12.7. The number of hydrogen-bond donors (Lipinski definition) is 1. The molecule has 7 heteroatoms. The Morgan fingerprint density at radius 1 is 1.29 bits per heavy atom. The molecule has 2 aliphatic rings. The predicted molar refractivity (Wildman–Crippen MR) is 83.7 cm³/mol. The molecule has 0 aliphatic carbocycles. The van der Waals surface area contributed by atoms with Crippen LogP contribution in [0.5, 0.6) is 0 Å². The minimum absolute atomic E-state index is 0.0652. The van der Waals surface area contributed by atoms with Crippen molar-refractivity contribution in [3.8, 4) is 0 Å². The second-order valence-electron chi connectivity index (χ2n) is 6.87. The predicted octanol–water partition coefficient (Wildman–Crippen LogP) is 1.20. The smallest absolute Gasteiger partial charge is 0.308 e. The van der Waals surface area contributed by atoms with Gasteiger partial charge in [0.15, 0.2) is 0 Å². The highest BCUT2D eigenvalue weighted by Gasteiger charge is 2.39. The summed E-state index contributed by atoms with van der Waals surface area (Å²) in [6.45, 7) is 3.48. The van der Waals surface area contributed by atoms with Gasteiger partial charge >= 0.3 is 5.97 Å². The second-order valence-corrected chi connectivity index (χ2v) is 6.87. The van der Waals surface area contributed by atoms with Gasteiger partial charge in [-0.05, 0) is 24.5 Å². The topological polar surface area (TPSA) is 91.1 Å². The largest absolute Gasteiger partial charge is 0.481 e. The summed E-state index contributed by atoms with van der Waals surface area (Å²) in [5.41, 5.74) is 0. The highest BCUT2D eigenvalue weighted by Crippen LogP contribution is 2.27. The van der Waals surface area contributed by atoms with Gasteiger partial charge in [-0.3, -0.25) is 14.4 Å². The van der Waals surface area contributed by atoms with E-state index in [9.17, 15) is 19.5 Å². The molecular formula is C17H22N2O5. The van der Waals surface area contributed by atoms with E-state index in [4.69, 9.17) is 4.42 Å². The first-order valence-corrected chi connectivity index (χ1v) is 8.25. The van der Waals surface area contributed by atoms with Gasteiger partial charge in [0.2, 0.25) is 11.8 Å². The van der Waals surface area contributed by atoms with E-state index < -0.39 is 17.8 Å². The normalized spacial score (nSPS) is 27.5. The van der Waals surface area contributed by atoms with Crippen LogP contribution in [0.15, 0.2) is 22.8 Å². The zero-order chi connectivity index (χ0) is 17.3. The minimum atomic E-state index is -0.860. The lowest BCUT2D eigenvalue weighted by Gasteiger charge is -2.36. The van der Waals surface area contributed by atoms with Gasteiger partial charge in [-0.15, -0.1) is 0 Å². The number of carbonyl (C=O) groups excluding carboxylic acids is 2. The molecule has 1 N–H and O–H groups in total. The zero-order valence-electron chi connectivity index (χ0n) is 13.7. The number of nitrogens with zero attached hydrogens (tertiary/aromatic N) is 2. The molecule has 2 saturated heterocycles. The molecule has 3 unspecified atom stereocenters. The minimum Gasteiger partial charge on any atom is -0.481 e. The molecule has 1 aromatic rings. The Hall–Kier alpha value is -2.31. The summed E-state index contributed by atoms with van der Waals surface area (Å²) < 4.78 is 5.26. The summed E-state index contributed by atoms with van der Waals surface area (Å²) in [4.78, 5) is 39.4. The Bertz CT molecular complexity index is 627. The molecule has 3 rings (SSSR count). The monoisotopic (exact) mass is 334 g/mol. The van der Waals surface area contributed by atoms with Crippen LogP contribution in [-0.4, -0.2) is 52.3 Å². The molecule has 0 spiro atoms. The van der Waals surface area contributed by atoms with E-state index in [-0.39, 0.29) is 30.7 Å². The van der Waals surface area contributed by atoms with Crippen molar-refractivity contribution < 1.29 is 23.9 Å². The van der Waals surface area contributed by atoms with Gasteiger partial charge < -0.3 is 19.3 Å². The number of carboxylic acids is 1. The van der Waals surface area contributed by atoms with Crippen LogP contribution in [0.3, 0.4) is 0 Å². The molecule has 0 radical (unpaired) electrons. The molecule has 0 saturated carbocycles. The number of rotatable bonds is 4. The first-order chi connectivity index (χ1) is 11.4. The number of aliphatic carboxylic acids is 1. The molecule has 2 aliphatic heterocycles. The van der Waals surface area contributed by atoms with Crippen molar-refractivity contribution in [1.82, 2.24) is 9.80 Å². The molecule has 0 bridgehead atoms. The summed E-state index contributed by atoms with van der Waals surface area (Å²) >= 11 is 0. The first kappa shape index (κ1) is 16.5. The number of piperidine rings is 1. The Labute approximate surface area is 140 Å². The van der Waals surface area contributed by atoms with Crippen LogP contribution in [0.1, 0.15) is 25.5 Å². The van der Waals surface area contributed by atoms with Gasteiger partial charge in [0, 0.05) is 26.1 Å². The van der Waals surface area contributed by atoms with Crippen LogP contribution >= 0.6 is 0 Å². The fourth-order valence-corrected chi connectivity index (χ4v) is 3.65. The van der Waals surface area contributed by atoms with Gasteiger partial charge in [-0.2, -0.15) is 0 Å². The van der Waals surface area contributed by atoms with E-state index in [1.54, 1.807) is 28.2 Å². The lowest BCUT2D eigenvalue weighted by atomic mass is 9.89. The van der Waals surface area contributed by atoms with E-state index >= 15 is 0 Å². The lowest BCUT2D eigenvalue weighted by Crippen LogP contribution is -2.48. The molecule has 2 amide bonds. The Balaban J connectivity index is 1.63. The average Bonchev–Trinajstić information content (AvgIpc) is 3.17. The van der Waals surface area contributed by atoms with Crippen molar-refractivity contribution in [1.29, 1.82) is 0 Å². The molecule has 0 aromatic carbocycles. The molecule has 130 valence electrons. The van der Waals surface area contributed by atoms with Gasteiger partial charge in [-0.25, -0.2) is 0 Å². The molecular weight excluding hydrogens is 312 g/mol. The third-order valence-corrected chi connectivity index (χ3v) is 4.81. The number of carbonyl (C=O) groups is 3. The van der Waals surface area contributed by atoms with Gasteiger partial charge in [-0.1, -0.05) is 6.92 Å². The Kier molecular flexibility index (Phi) is 4.59. The summed E-state index contributed by atoms with van der Waals surface area (Å²) in [7, 11) is 0. The summed E-state index contributed by atoms with van der Waals surface area (Å²) in [6, 6.07) is 3.56. The summed E-state index contributed by atoms with van der Waals surface area (Å²) in [6.07, 6.45) is 2.33. The van der Waals surface area contributed by atoms with E-state index in [1.807, 2.05) is 6.92 Å². The maximum atomic E-state index is 12.7.